The Bertz CT molecular complexity index is 1280. The Hall–Kier alpha value is -3.11. The van der Waals surface area contributed by atoms with Gasteiger partial charge in [0.2, 0.25) is 0 Å². The first kappa shape index (κ1) is 21.1. The molecule has 6 nitrogen and oxygen atoms in total. The van der Waals surface area contributed by atoms with E-state index < -0.39 is 5.92 Å². The largest absolute Gasteiger partial charge is 0.349 e. The summed E-state index contributed by atoms with van der Waals surface area (Å²) in [5, 5.41) is 21.9. The van der Waals surface area contributed by atoms with Gasteiger partial charge in [-0.3, -0.25) is 4.79 Å². The number of carbonyl (C=O) groups excluding carboxylic acids is 1. The highest BCUT2D eigenvalue weighted by molar-refractivity contribution is 7.29. The van der Waals surface area contributed by atoms with E-state index in [1.807, 2.05) is 23.6 Å². The van der Waals surface area contributed by atoms with Gasteiger partial charge >= 0.3 is 0 Å². The number of aromatic nitrogens is 2. The average molecular weight is 464 g/mol. The Morgan fingerprint density at radius 3 is 2.48 bits per heavy atom. The van der Waals surface area contributed by atoms with Gasteiger partial charge in [0, 0.05) is 24.0 Å². The van der Waals surface area contributed by atoms with Crippen LogP contribution in [0, 0.1) is 22.7 Å². The molecular formula is C22H17N5OS3. The molecule has 0 amide bonds. The van der Waals surface area contributed by atoms with E-state index >= 15 is 0 Å². The zero-order chi connectivity index (χ0) is 22.0. The zero-order valence-electron chi connectivity index (χ0n) is 16.8. The second-order valence-corrected chi connectivity index (χ2v) is 9.56. The number of rotatable bonds is 7. The Balaban J connectivity index is 1.58. The summed E-state index contributed by atoms with van der Waals surface area (Å²) in [6.07, 6.45) is 0. The molecule has 1 atom stereocenters. The summed E-state index contributed by atoms with van der Waals surface area (Å²) in [4.78, 5) is 25.8. The van der Waals surface area contributed by atoms with Crippen LogP contribution in [-0.4, -0.2) is 28.8 Å². The molecule has 0 saturated heterocycles. The van der Waals surface area contributed by atoms with Crippen molar-refractivity contribution >= 4 is 54.5 Å². The Labute approximate surface area is 191 Å². The van der Waals surface area contributed by atoms with Crippen LogP contribution < -0.4 is 4.90 Å². The number of ketones is 1. The minimum absolute atomic E-state index is 0.247. The molecule has 0 N–H and O–H groups in total. The first-order valence-electron chi connectivity index (χ1n) is 9.63. The van der Waals surface area contributed by atoms with E-state index in [0.29, 0.717) is 21.1 Å². The average Bonchev–Trinajstić information content (AvgIpc) is 3.51. The fourth-order valence-electron chi connectivity index (χ4n) is 3.11. The number of thiazole rings is 2. The lowest BCUT2D eigenvalue weighted by Crippen LogP contribution is -2.21. The summed E-state index contributed by atoms with van der Waals surface area (Å²) in [7, 11) is 0. The lowest BCUT2D eigenvalue weighted by molar-refractivity contribution is 0.0983. The molecule has 0 bridgehead atoms. The number of hydrogen-bond acceptors (Lipinski definition) is 9. The van der Waals surface area contributed by atoms with Crippen LogP contribution in [0.2, 0.25) is 0 Å². The number of nitrogens with zero attached hydrogens (tertiary/aromatic N) is 5. The van der Waals surface area contributed by atoms with Crippen molar-refractivity contribution in [3.63, 3.8) is 0 Å². The third-order valence-corrected chi connectivity index (χ3v) is 7.97. The van der Waals surface area contributed by atoms with Gasteiger partial charge in [0.25, 0.3) is 0 Å². The summed E-state index contributed by atoms with van der Waals surface area (Å²) in [6.45, 7) is 5.94. The number of thiophene rings is 1. The smallest absolute Gasteiger partial charge is 0.196 e. The first-order chi connectivity index (χ1) is 15.1. The quantitative estimate of drug-likeness (QED) is 0.327. The Kier molecular flexibility index (Phi) is 6.10. The molecule has 4 aromatic rings. The second-order valence-electron chi connectivity index (χ2n) is 6.64. The van der Waals surface area contributed by atoms with Crippen LogP contribution in [0.3, 0.4) is 0 Å². The summed E-state index contributed by atoms with van der Waals surface area (Å²) in [6, 6.07) is 13.1. The maximum absolute atomic E-state index is 13.1. The summed E-state index contributed by atoms with van der Waals surface area (Å²) in [5.41, 5.74) is 2.10. The zero-order valence-corrected chi connectivity index (χ0v) is 19.3. The number of carbonyl (C=O) groups is 1. The van der Waals surface area contributed by atoms with Gasteiger partial charge in [-0.05, 0) is 32.0 Å². The fraction of sp³-hybridized carbons (Fsp3) is 0.227. The summed E-state index contributed by atoms with van der Waals surface area (Å²) < 4.78 is 0.962. The standard InChI is InChI=1S/C22H17N5OS3/c1-3-27(4-2)22-26-21-18(31-22)9-17(30-21)19(28)15(11-24)20-25-16(12-29-20)14-7-5-13(10-23)6-8-14/h5-9,12,15H,3-4H2,1-2H3. The molecule has 3 aromatic heterocycles. The molecule has 0 aliphatic rings. The minimum Gasteiger partial charge on any atom is -0.349 e. The van der Waals surface area contributed by atoms with Crippen molar-refractivity contribution in [2.45, 2.75) is 19.8 Å². The molecule has 154 valence electrons. The molecule has 0 radical (unpaired) electrons. The van der Waals surface area contributed by atoms with Gasteiger partial charge < -0.3 is 4.90 Å². The topological polar surface area (TPSA) is 93.7 Å². The maximum Gasteiger partial charge on any atom is 0.196 e. The highest BCUT2D eigenvalue weighted by Gasteiger charge is 2.27. The van der Waals surface area contributed by atoms with Gasteiger partial charge in [0.15, 0.2) is 16.8 Å². The summed E-state index contributed by atoms with van der Waals surface area (Å²) in [5.74, 6) is -1.20. The number of benzene rings is 1. The van der Waals surface area contributed by atoms with Gasteiger partial charge in [-0.2, -0.15) is 10.5 Å². The van der Waals surface area contributed by atoms with Gasteiger partial charge in [-0.15, -0.1) is 22.7 Å². The van der Waals surface area contributed by atoms with Gasteiger partial charge in [0.05, 0.1) is 33.0 Å². The molecular weight excluding hydrogens is 446 g/mol. The number of nitriles is 2. The van der Waals surface area contributed by atoms with Crippen molar-refractivity contribution < 1.29 is 4.79 Å². The molecule has 4 rings (SSSR count). The highest BCUT2D eigenvalue weighted by atomic mass is 32.1. The summed E-state index contributed by atoms with van der Waals surface area (Å²) >= 11 is 4.19. The minimum atomic E-state index is -0.952. The predicted octanol–water partition coefficient (Wildman–Crippen LogP) is 5.69. The lowest BCUT2D eigenvalue weighted by Gasteiger charge is -2.16. The van der Waals surface area contributed by atoms with E-state index in [2.05, 4.69) is 40.9 Å². The van der Waals surface area contributed by atoms with Crippen molar-refractivity contribution in [1.29, 1.82) is 10.5 Å². The van der Waals surface area contributed by atoms with Gasteiger partial charge in [-0.1, -0.05) is 23.5 Å². The van der Waals surface area contributed by atoms with Crippen LogP contribution in [0.25, 0.3) is 20.8 Å². The van der Waals surface area contributed by atoms with Gasteiger partial charge in [-0.25, -0.2) is 9.97 Å². The predicted molar refractivity (Wildman–Crippen MR) is 126 cm³/mol. The second kappa shape index (κ2) is 8.94. The van der Waals surface area contributed by atoms with Crippen LogP contribution in [0.1, 0.15) is 40.0 Å². The molecule has 0 fully saturated rings. The van der Waals surface area contributed by atoms with E-state index in [1.54, 1.807) is 23.5 Å². The Morgan fingerprint density at radius 2 is 1.87 bits per heavy atom. The maximum atomic E-state index is 13.1. The van der Waals surface area contributed by atoms with E-state index in [9.17, 15) is 10.1 Å². The molecule has 0 aliphatic carbocycles. The van der Waals surface area contributed by atoms with Crippen LogP contribution in [-0.2, 0) is 0 Å². The van der Waals surface area contributed by atoms with Crippen LogP contribution in [0.15, 0.2) is 35.7 Å². The molecule has 1 unspecified atom stereocenters. The molecule has 1 aromatic carbocycles. The molecule has 31 heavy (non-hydrogen) atoms. The van der Waals surface area contributed by atoms with Gasteiger partial charge in [0.1, 0.15) is 9.84 Å². The lowest BCUT2D eigenvalue weighted by atomic mass is 10.1. The number of fused-ring (bicyclic) bond motifs is 1. The first-order valence-corrected chi connectivity index (χ1v) is 12.1. The molecule has 0 saturated carbocycles. The highest BCUT2D eigenvalue weighted by Crippen LogP contribution is 2.37. The molecule has 0 spiro atoms. The fourth-order valence-corrected chi connectivity index (χ4v) is 6.29. The molecule has 0 aliphatic heterocycles. The van der Waals surface area contributed by atoms with E-state index in [4.69, 9.17) is 5.26 Å². The van der Waals surface area contributed by atoms with Crippen molar-refractivity contribution in [3.05, 3.63) is 51.2 Å². The number of anilines is 1. The SMILES string of the molecule is CCN(CC)c1nc2sc(C(=O)C(C#N)c3nc(-c4ccc(C#N)cc4)cs3)cc2s1. The van der Waals surface area contributed by atoms with Crippen molar-refractivity contribution in [2.24, 2.45) is 0 Å². The third kappa shape index (κ3) is 4.08. The number of Topliss-reactive ketones (excluding diaryl/α,β-unsaturated/α-hetero) is 1. The van der Waals surface area contributed by atoms with E-state index in [-0.39, 0.29) is 5.78 Å². The van der Waals surface area contributed by atoms with E-state index in [1.165, 1.54) is 22.7 Å². The molecule has 3 heterocycles. The van der Waals surface area contributed by atoms with Crippen molar-refractivity contribution in [3.8, 4) is 23.4 Å². The van der Waals surface area contributed by atoms with Crippen molar-refractivity contribution in [2.75, 3.05) is 18.0 Å². The van der Waals surface area contributed by atoms with E-state index in [0.717, 1.165) is 33.3 Å². The van der Waals surface area contributed by atoms with Crippen LogP contribution in [0.4, 0.5) is 5.13 Å². The third-order valence-electron chi connectivity index (χ3n) is 4.82. The van der Waals surface area contributed by atoms with Crippen LogP contribution in [0.5, 0.6) is 0 Å². The monoisotopic (exact) mass is 463 g/mol. The Morgan fingerprint density at radius 1 is 1.13 bits per heavy atom. The van der Waals surface area contributed by atoms with Crippen molar-refractivity contribution in [1.82, 2.24) is 9.97 Å². The number of hydrogen-bond donors (Lipinski definition) is 0. The van der Waals surface area contributed by atoms with Crippen LogP contribution >= 0.6 is 34.0 Å². The molecule has 9 heteroatoms. The normalized spacial score (nSPS) is 11.7.